The zero-order chi connectivity index (χ0) is 21.6. The summed E-state index contributed by atoms with van der Waals surface area (Å²) in [6.45, 7) is 2.70. The van der Waals surface area contributed by atoms with Gasteiger partial charge in [0.2, 0.25) is 0 Å². The highest BCUT2D eigenvalue weighted by molar-refractivity contribution is 7.99. The second-order valence-corrected chi connectivity index (χ2v) is 8.54. The molecular weight excluding hydrogens is 410 g/mol. The minimum atomic E-state index is -0.339. The Labute approximate surface area is 185 Å². The minimum Gasteiger partial charge on any atom is -0.342 e. The molecule has 0 spiro atoms. The van der Waals surface area contributed by atoms with Crippen LogP contribution in [0.1, 0.15) is 54.8 Å². The molecule has 3 aromatic heterocycles. The standard InChI is InChI=1S/C23H25N5O2S/c1-2-14-31-23-17(6-5-10-25-23)22(30)27-18-7-3-4-13-28-20(29)15-19(26-21(18)28)16-8-11-24-12-9-16/h5-6,8-12,15,18H,2-4,7,13-14H2,1H3,(H,27,30). The monoisotopic (exact) mass is 435 g/mol. The maximum absolute atomic E-state index is 13.2. The van der Waals surface area contributed by atoms with E-state index in [0.717, 1.165) is 42.0 Å². The van der Waals surface area contributed by atoms with E-state index < -0.39 is 0 Å². The number of amides is 1. The molecule has 3 aromatic rings. The smallest absolute Gasteiger partial charge is 0.254 e. The Morgan fingerprint density at radius 3 is 2.87 bits per heavy atom. The molecule has 1 atom stereocenters. The molecule has 7 nitrogen and oxygen atoms in total. The van der Waals surface area contributed by atoms with E-state index in [1.54, 1.807) is 53.1 Å². The average molecular weight is 436 g/mol. The van der Waals surface area contributed by atoms with E-state index in [9.17, 15) is 9.59 Å². The molecule has 1 N–H and O–H groups in total. The predicted octanol–water partition coefficient (Wildman–Crippen LogP) is 3.86. The van der Waals surface area contributed by atoms with E-state index in [1.165, 1.54) is 0 Å². The number of carbonyl (C=O) groups is 1. The molecule has 8 heteroatoms. The molecule has 0 radical (unpaired) electrons. The number of pyridine rings is 2. The Morgan fingerprint density at radius 1 is 1.23 bits per heavy atom. The molecule has 0 bridgehead atoms. The third kappa shape index (κ3) is 4.85. The summed E-state index contributed by atoms with van der Waals surface area (Å²) < 4.78 is 1.69. The lowest BCUT2D eigenvalue weighted by atomic mass is 10.1. The molecule has 0 aliphatic carbocycles. The summed E-state index contributed by atoms with van der Waals surface area (Å²) in [5.41, 5.74) is 1.89. The summed E-state index contributed by atoms with van der Waals surface area (Å²) in [4.78, 5) is 39.3. The largest absolute Gasteiger partial charge is 0.342 e. The van der Waals surface area contributed by atoms with Crippen LogP contribution in [0.15, 0.2) is 58.7 Å². The fraction of sp³-hybridized carbons (Fsp3) is 0.348. The topological polar surface area (TPSA) is 89.8 Å². The average Bonchev–Trinajstić information content (AvgIpc) is 3.01. The molecule has 4 heterocycles. The number of hydrogen-bond acceptors (Lipinski definition) is 6. The first-order valence-electron chi connectivity index (χ1n) is 10.6. The molecule has 0 fully saturated rings. The summed E-state index contributed by atoms with van der Waals surface area (Å²) >= 11 is 1.58. The van der Waals surface area contributed by atoms with Crippen LogP contribution in [0, 0.1) is 0 Å². The summed E-state index contributed by atoms with van der Waals surface area (Å²) in [6, 6.07) is 8.45. The molecule has 0 aromatic carbocycles. The van der Waals surface area contributed by atoms with Crippen molar-refractivity contribution in [2.75, 3.05) is 5.75 Å². The Hall–Kier alpha value is -3.00. The van der Waals surface area contributed by atoms with Crippen molar-refractivity contribution in [3.8, 4) is 11.3 Å². The van der Waals surface area contributed by atoms with Crippen LogP contribution in [0.25, 0.3) is 11.3 Å². The van der Waals surface area contributed by atoms with Crippen molar-refractivity contribution < 1.29 is 4.79 Å². The Balaban J connectivity index is 1.67. The van der Waals surface area contributed by atoms with Gasteiger partial charge in [-0.05, 0) is 55.7 Å². The fourth-order valence-electron chi connectivity index (χ4n) is 3.68. The van der Waals surface area contributed by atoms with Crippen LogP contribution in [-0.4, -0.2) is 31.2 Å². The van der Waals surface area contributed by atoms with Crippen molar-refractivity contribution in [3.63, 3.8) is 0 Å². The summed E-state index contributed by atoms with van der Waals surface area (Å²) in [7, 11) is 0. The maximum atomic E-state index is 13.2. The van der Waals surface area contributed by atoms with Gasteiger partial charge in [-0.25, -0.2) is 9.97 Å². The van der Waals surface area contributed by atoms with Gasteiger partial charge in [-0.1, -0.05) is 6.92 Å². The number of nitrogens with one attached hydrogen (secondary N) is 1. The van der Waals surface area contributed by atoms with Gasteiger partial charge >= 0.3 is 0 Å². The van der Waals surface area contributed by atoms with E-state index >= 15 is 0 Å². The molecule has 31 heavy (non-hydrogen) atoms. The van der Waals surface area contributed by atoms with Crippen LogP contribution in [-0.2, 0) is 6.54 Å². The first-order chi connectivity index (χ1) is 15.2. The molecule has 1 unspecified atom stereocenters. The molecule has 1 aliphatic heterocycles. The summed E-state index contributed by atoms with van der Waals surface area (Å²) in [6.07, 6.45) is 8.58. The van der Waals surface area contributed by atoms with Gasteiger partial charge in [0.25, 0.3) is 11.5 Å². The highest BCUT2D eigenvalue weighted by Gasteiger charge is 2.25. The lowest BCUT2D eigenvalue weighted by Gasteiger charge is -2.20. The second-order valence-electron chi connectivity index (χ2n) is 7.45. The van der Waals surface area contributed by atoms with Gasteiger partial charge in [-0.15, -0.1) is 11.8 Å². The predicted molar refractivity (Wildman–Crippen MR) is 121 cm³/mol. The van der Waals surface area contributed by atoms with Crippen molar-refractivity contribution in [2.24, 2.45) is 0 Å². The van der Waals surface area contributed by atoms with Gasteiger partial charge in [-0.2, -0.15) is 0 Å². The SMILES string of the molecule is CCCSc1ncccc1C(=O)NC1CCCCn2c1nc(-c1ccncc1)cc2=O. The molecule has 0 saturated carbocycles. The minimum absolute atomic E-state index is 0.0986. The number of thioether (sulfide) groups is 1. The third-order valence-corrected chi connectivity index (χ3v) is 6.43. The van der Waals surface area contributed by atoms with E-state index in [4.69, 9.17) is 4.98 Å². The first kappa shape index (κ1) is 21.2. The fourth-order valence-corrected chi connectivity index (χ4v) is 4.53. The van der Waals surface area contributed by atoms with Crippen molar-refractivity contribution in [1.29, 1.82) is 0 Å². The third-order valence-electron chi connectivity index (χ3n) is 5.21. The van der Waals surface area contributed by atoms with Gasteiger partial charge < -0.3 is 5.32 Å². The highest BCUT2D eigenvalue weighted by Crippen LogP contribution is 2.26. The van der Waals surface area contributed by atoms with E-state index in [-0.39, 0.29) is 17.5 Å². The number of carbonyl (C=O) groups excluding carboxylic acids is 1. The molecule has 1 aliphatic rings. The van der Waals surface area contributed by atoms with Crippen molar-refractivity contribution in [1.82, 2.24) is 24.8 Å². The van der Waals surface area contributed by atoms with Crippen LogP contribution >= 0.6 is 11.8 Å². The lowest BCUT2D eigenvalue weighted by molar-refractivity contribution is 0.0928. The van der Waals surface area contributed by atoms with Crippen LogP contribution in [0.2, 0.25) is 0 Å². The quantitative estimate of drug-likeness (QED) is 0.592. The van der Waals surface area contributed by atoms with Crippen molar-refractivity contribution >= 4 is 17.7 Å². The zero-order valence-electron chi connectivity index (χ0n) is 17.5. The lowest BCUT2D eigenvalue weighted by Crippen LogP contribution is -2.34. The van der Waals surface area contributed by atoms with E-state index in [1.807, 2.05) is 12.1 Å². The molecule has 1 amide bonds. The van der Waals surface area contributed by atoms with Crippen LogP contribution in [0.4, 0.5) is 0 Å². The zero-order valence-corrected chi connectivity index (χ0v) is 18.3. The normalized spacial score (nSPS) is 15.7. The summed E-state index contributed by atoms with van der Waals surface area (Å²) in [5.74, 6) is 1.32. The van der Waals surface area contributed by atoms with Crippen LogP contribution in [0.3, 0.4) is 0 Å². The number of fused-ring (bicyclic) bond motifs is 1. The maximum Gasteiger partial charge on any atom is 0.254 e. The van der Waals surface area contributed by atoms with Crippen molar-refractivity contribution in [3.05, 3.63) is 70.7 Å². The Bertz CT molecular complexity index is 1120. The second kappa shape index (κ2) is 9.87. The van der Waals surface area contributed by atoms with Gasteiger partial charge in [-0.3, -0.25) is 19.1 Å². The molecule has 4 rings (SSSR count). The Kier molecular flexibility index (Phi) is 6.76. The van der Waals surface area contributed by atoms with Gasteiger partial charge in [0.1, 0.15) is 10.9 Å². The first-order valence-corrected chi connectivity index (χ1v) is 11.6. The van der Waals surface area contributed by atoms with E-state index in [2.05, 4.69) is 22.2 Å². The number of rotatable bonds is 6. The molecule has 160 valence electrons. The number of nitrogens with zero attached hydrogens (tertiary/aromatic N) is 4. The highest BCUT2D eigenvalue weighted by atomic mass is 32.2. The van der Waals surface area contributed by atoms with Crippen LogP contribution in [0.5, 0.6) is 0 Å². The van der Waals surface area contributed by atoms with Gasteiger partial charge in [0.15, 0.2) is 0 Å². The van der Waals surface area contributed by atoms with Crippen LogP contribution < -0.4 is 10.9 Å². The van der Waals surface area contributed by atoms with Gasteiger partial charge in [0.05, 0.1) is 17.3 Å². The summed E-state index contributed by atoms with van der Waals surface area (Å²) in [5, 5.41) is 3.86. The number of aromatic nitrogens is 4. The van der Waals surface area contributed by atoms with Crippen molar-refractivity contribution in [2.45, 2.75) is 50.2 Å². The van der Waals surface area contributed by atoms with Gasteiger partial charge in [0, 0.05) is 36.8 Å². The van der Waals surface area contributed by atoms with E-state index in [0.29, 0.717) is 23.6 Å². The Morgan fingerprint density at radius 2 is 2.06 bits per heavy atom. The number of hydrogen-bond donors (Lipinski definition) is 1. The molecule has 0 saturated heterocycles. The molecular formula is C23H25N5O2S.